The topological polar surface area (TPSA) is 6.48 Å². The highest BCUT2D eigenvalue weighted by molar-refractivity contribution is 7.00. The van der Waals surface area contributed by atoms with Crippen molar-refractivity contribution in [2.75, 3.05) is 9.80 Å². The number of nitrogens with zero attached hydrogens (tertiary/aromatic N) is 2. The predicted molar refractivity (Wildman–Crippen MR) is 247 cm³/mol. The van der Waals surface area contributed by atoms with Gasteiger partial charge in [-0.3, -0.25) is 0 Å². The van der Waals surface area contributed by atoms with Crippen LogP contribution in [0.4, 0.5) is 34.1 Å². The predicted octanol–water partition coefficient (Wildman–Crippen LogP) is 12.1. The summed E-state index contributed by atoms with van der Waals surface area (Å²) >= 11 is 0. The lowest BCUT2D eigenvalue weighted by molar-refractivity contribution is 0.590. The minimum atomic E-state index is -0.519. The van der Waals surface area contributed by atoms with Crippen LogP contribution in [-0.2, 0) is 10.8 Å². The minimum absolute atomic E-state index is 0.0827. The van der Waals surface area contributed by atoms with Gasteiger partial charge < -0.3 is 9.80 Å². The van der Waals surface area contributed by atoms with Crippen molar-refractivity contribution in [2.24, 2.45) is 0 Å². The highest BCUT2D eigenvalue weighted by Crippen LogP contribution is 2.48. The van der Waals surface area contributed by atoms with Crippen molar-refractivity contribution in [2.45, 2.75) is 45.4 Å². The summed E-state index contributed by atoms with van der Waals surface area (Å²) in [6, 6.07) is 72.5. The number of rotatable bonds is 6. The van der Waals surface area contributed by atoms with Crippen LogP contribution in [0.2, 0.25) is 0 Å². The molecule has 0 bridgehead atoms. The fraction of sp³-hybridized carbons (Fsp3) is 0.127. The Hall–Kier alpha value is -6.58. The van der Waals surface area contributed by atoms with E-state index in [1.165, 1.54) is 83.8 Å². The van der Waals surface area contributed by atoms with E-state index < -0.39 is 5.41 Å². The number of anilines is 6. The quantitative estimate of drug-likeness (QED) is 0.123. The molecule has 2 heterocycles. The van der Waals surface area contributed by atoms with E-state index in [0.29, 0.717) is 0 Å². The Morgan fingerprint density at radius 1 is 0.362 bits per heavy atom. The molecule has 2 nitrogen and oxygen atoms in total. The Labute approximate surface area is 344 Å². The number of para-hydroxylation sites is 1. The van der Waals surface area contributed by atoms with Gasteiger partial charge in [-0.05, 0) is 112 Å². The maximum atomic E-state index is 2.53. The summed E-state index contributed by atoms with van der Waals surface area (Å²) < 4.78 is 0. The van der Waals surface area contributed by atoms with Gasteiger partial charge in [-0.25, -0.2) is 0 Å². The third kappa shape index (κ3) is 5.63. The molecule has 10 rings (SSSR count). The fourth-order valence-electron chi connectivity index (χ4n) is 9.68. The molecule has 0 fully saturated rings. The van der Waals surface area contributed by atoms with E-state index in [1.54, 1.807) is 0 Å². The second-order valence-electron chi connectivity index (χ2n) is 17.1. The maximum absolute atomic E-state index is 2.53. The average Bonchev–Trinajstić information content (AvgIpc) is 3.25. The molecule has 0 N–H and O–H groups in total. The molecular weight excluding hydrogens is 699 g/mol. The van der Waals surface area contributed by atoms with Crippen LogP contribution in [0.15, 0.2) is 194 Å². The van der Waals surface area contributed by atoms with Gasteiger partial charge in [0.25, 0.3) is 6.71 Å². The van der Waals surface area contributed by atoms with E-state index in [-0.39, 0.29) is 12.1 Å². The molecule has 0 radical (unpaired) electrons. The first-order valence-electron chi connectivity index (χ1n) is 20.6. The molecule has 0 aromatic heterocycles. The lowest BCUT2D eigenvalue weighted by atomic mass is 9.33. The van der Waals surface area contributed by atoms with E-state index >= 15 is 0 Å². The SMILES string of the molecule is Cc1ccc(N2c3ccc(C)cc3B3c4ccccc4N(c4ccc(C(c5ccccc5)(c5ccccc5)c5ccccc5)cc4)c4cc(C(C)(C)C)cc2c43)cc1. The van der Waals surface area contributed by atoms with Crippen LogP contribution in [0, 0.1) is 13.8 Å². The first-order chi connectivity index (χ1) is 28.2. The number of hydrogen-bond donors (Lipinski definition) is 0. The van der Waals surface area contributed by atoms with Crippen LogP contribution in [0.5, 0.6) is 0 Å². The second kappa shape index (κ2) is 13.8. The van der Waals surface area contributed by atoms with E-state index in [0.717, 1.165) is 5.69 Å². The molecule has 0 spiro atoms. The second-order valence-corrected chi connectivity index (χ2v) is 17.1. The van der Waals surface area contributed by atoms with Crippen molar-refractivity contribution in [1.82, 2.24) is 0 Å². The molecule has 2 aliphatic heterocycles. The molecule has 8 aromatic rings. The normalized spacial score (nSPS) is 13.2. The maximum Gasteiger partial charge on any atom is 0.252 e. The van der Waals surface area contributed by atoms with Gasteiger partial charge in [0.05, 0.1) is 5.41 Å². The molecule has 58 heavy (non-hydrogen) atoms. The van der Waals surface area contributed by atoms with Crippen LogP contribution in [0.1, 0.15) is 59.7 Å². The van der Waals surface area contributed by atoms with Crippen molar-refractivity contribution in [3.63, 3.8) is 0 Å². The van der Waals surface area contributed by atoms with Crippen LogP contribution >= 0.6 is 0 Å². The third-order valence-corrected chi connectivity index (χ3v) is 12.5. The van der Waals surface area contributed by atoms with Crippen LogP contribution in [-0.4, -0.2) is 6.71 Å². The highest BCUT2D eigenvalue weighted by atomic mass is 15.2. The van der Waals surface area contributed by atoms with Gasteiger partial charge in [0.1, 0.15) is 0 Å². The fourth-order valence-corrected chi connectivity index (χ4v) is 9.68. The lowest BCUT2D eigenvalue weighted by Crippen LogP contribution is -2.61. The first kappa shape index (κ1) is 35.8. The van der Waals surface area contributed by atoms with Crippen LogP contribution in [0.3, 0.4) is 0 Å². The van der Waals surface area contributed by atoms with Gasteiger partial charge in [0, 0.05) is 34.1 Å². The van der Waals surface area contributed by atoms with E-state index in [9.17, 15) is 0 Å². The van der Waals surface area contributed by atoms with Crippen molar-refractivity contribution >= 4 is 57.2 Å². The number of aryl methyl sites for hydroxylation is 2. The van der Waals surface area contributed by atoms with Crippen LogP contribution < -0.4 is 26.2 Å². The Kier molecular flexibility index (Phi) is 8.53. The zero-order valence-electron chi connectivity index (χ0n) is 33.9. The summed E-state index contributed by atoms with van der Waals surface area (Å²) in [5.41, 5.74) is 19.5. The van der Waals surface area contributed by atoms with Crippen molar-refractivity contribution in [1.29, 1.82) is 0 Å². The molecule has 8 aromatic carbocycles. The van der Waals surface area contributed by atoms with Crippen molar-refractivity contribution in [3.8, 4) is 0 Å². The van der Waals surface area contributed by atoms with Gasteiger partial charge in [-0.1, -0.05) is 177 Å². The molecule has 0 saturated heterocycles. The zero-order chi connectivity index (χ0) is 39.6. The molecule has 0 saturated carbocycles. The minimum Gasteiger partial charge on any atom is -0.311 e. The van der Waals surface area contributed by atoms with Crippen molar-refractivity contribution < 1.29 is 0 Å². The molecular formula is C55H47BN2. The Morgan fingerprint density at radius 3 is 1.31 bits per heavy atom. The van der Waals surface area contributed by atoms with Gasteiger partial charge in [0.15, 0.2) is 0 Å². The van der Waals surface area contributed by atoms with E-state index in [4.69, 9.17) is 0 Å². The number of benzene rings is 8. The zero-order valence-corrected chi connectivity index (χ0v) is 33.9. The largest absolute Gasteiger partial charge is 0.311 e. The van der Waals surface area contributed by atoms with Gasteiger partial charge >= 0.3 is 0 Å². The molecule has 0 atom stereocenters. The first-order valence-corrected chi connectivity index (χ1v) is 20.6. The molecule has 0 aliphatic carbocycles. The van der Waals surface area contributed by atoms with Crippen LogP contribution in [0.25, 0.3) is 0 Å². The smallest absolute Gasteiger partial charge is 0.252 e. The highest BCUT2D eigenvalue weighted by Gasteiger charge is 2.44. The van der Waals surface area contributed by atoms with E-state index in [1.807, 2.05) is 0 Å². The molecule has 0 amide bonds. The third-order valence-electron chi connectivity index (χ3n) is 12.5. The van der Waals surface area contributed by atoms with Gasteiger partial charge in [0.2, 0.25) is 0 Å². The summed E-state index contributed by atoms with van der Waals surface area (Å²) in [4.78, 5) is 5.05. The molecule has 2 aliphatic rings. The average molecular weight is 747 g/mol. The number of hydrogen-bond acceptors (Lipinski definition) is 2. The summed E-state index contributed by atoms with van der Waals surface area (Å²) in [5, 5.41) is 0. The van der Waals surface area contributed by atoms with E-state index in [2.05, 4.69) is 239 Å². The Bertz CT molecular complexity index is 2670. The van der Waals surface area contributed by atoms with Gasteiger partial charge in [-0.15, -0.1) is 0 Å². The summed E-state index contributed by atoms with van der Waals surface area (Å²) in [6.07, 6.45) is 0. The Morgan fingerprint density at radius 2 is 0.793 bits per heavy atom. The summed E-state index contributed by atoms with van der Waals surface area (Å²) in [5.74, 6) is 0. The number of fused-ring (bicyclic) bond motifs is 4. The van der Waals surface area contributed by atoms with Crippen molar-refractivity contribution in [3.05, 3.63) is 233 Å². The Balaban J connectivity index is 1.23. The standard InChI is InChI=1S/C55H47BN2/c1-38-25-30-45(31-26-38)58-50-34-27-39(2)35-48(50)56-47-23-15-16-24-49(47)57(51-36-44(54(3,4)5)37-52(58)53(51)56)46-32-28-43(29-33-46)55(40-17-9-6-10-18-40,41-19-11-7-12-20-41)42-21-13-8-14-22-42/h6-37H,1-5H3. The lowest BCUT2D eigenvalue weighted by Gasteiger charge is -2.45. The monoisotopic (exact) mass is 746 g/mol. The molecule has 280 valence electrons. The summed E-state index contributed by atoms with van der Waals surface area (Å²) in [7, 11) is 0. The van der Waals surface area contributed by atoms with Gasteiger partial charge in [-0.2, -0.15) is 0 Å². The summed E-state index contributed by atoms with van der Waals surface area (Å²) in [6.45, 7) is 11.5. The molecule has 3 heteroatoms. The molecule has 0 unspecified atom stereocenters.